The molecule has 0 aromatic heterocycles. The van der Waals surface area contributed by atoms with E-state index in [0.717, 1.165) is 16.3 Å². The number of carbonyl (C=O) groups is 1. The van der Waals surface area contributed by atoms with Crippen molar-refractivity contribution in [3.8, 4) is 5.75 Å². The molecule has 0 fully saturated rings. The number of amides is 1. The van der Waals surface area contributed by atoms with Gasteiger partial charge in [-0.1, -0.05) is 54.6 Å². The van der Waals surface area contributed by atoms with Crippen molar-refractivity contribution in [2.75, 3.05) is 10.0 Å². The van der Waals surface area contributed by atoms with Crippen molar-refractivity contribution < 1.29 is 17.9 Å². The summed E-state index contributed by atoms with van der Waals surface area (Å²) in [4.78, 5) is 12.6. The number of rotatable bonds is 7. The number of hydrogen-bond donors (Lipinski definition) is 2. The minimum Gasteiger partial charge on any atom is -0.481 e. The second kappa shape index (κ2) is 9.34. The highest BCUT2D eigenvalue weighted by Crippen LogP contribution is 2.26. The van der Waals surface area contributed by atoms with E-state index in [0.29, 0.717) is 17.1 Å². The number of carbonyl (C=O) groups excluding carboxylic acids is 1. The van der Waals surface area contributed by atoms with Crippen LogP contribution in [0.5, 0.6) is 5.75 Å². The van der Waals surface area contributed by atoms with Crippen LogP contribution in [0.15, 0.2) is 95.9 Å². The first-order valence-electron chi connectivity index (χ1n) is 10.5. The lowest BCUT2D eigenvalue weighted by atomic mass is 10.1. The predicted octanol–water partition coefficient (Wildman–Crippen LogP) is 5.36. The van der Waals surface area contributed by atoms with E-state index in [1.807, 2.05) is 61.5 Å². The maximum absolute atomic E-state index is 12.9. The number of nitrogens with one attached hydrogen (secondary N) is 2. The molecule has 0 saturated carbocycles. The molecule has 4 aromatic carbocycles. The van der Waals surface area contributed by atoms with Gasteiger partial charge in [-0.3, -0.25) is 9.52 Å². The maximum Gasteiger partial charge on any atom is 0.265 e. The third kappa shape index (κ3) is 5.15. The van der Waals surface area contributed by atoms with Crippen LogP contribution < -0.4 is 14.8 Å². The van der Waals surface area contributed by atoms with E-state index in [4.69, 9.17) is 4.74 Å². The van der Waals surface area contributed by atoms with Crippen LogP contribution in [0.4, 0.5) is 11.4 Å². The van der Waals surface area contributed by atoms with Gasteiger partial charge in [0.2, 0.25) is 0 Å². The second-order valence-corrected chi connectivity index (χ2v) is 9.35. The van der Waals surface area contributed by atoms with Crippen LogP contribution in [0.1, 0.15) is 12.5 Å². The van der Waals surface area contributed by atoms with Crippen molar-refractivity contribution in [1.82, 2.24) is 0 Å². The van der Waals surface area contributed by atoms with Crippen molar-refractivity contribution in [3.05, 3.63) is 96.6 Å². The molecule has 0 bridgehead atoms. The molecule has 0 spiro atoms. The molecule has 0 unspecified atom stereocenters. The summed E-state index contributed by atoms with van der Waals surface area (Å²) in [6.07, 6.45) is -0.720. The standard InChI is InChI=1S/C26H24N2O4S/c1-18-8-3-6-13-25(18)32-19(2)26(29)27-21-14-16-22(17-15-21)33(30,31)28-24-12-7-10-20-9-4-5-11-23(20)24/h3-17,19,28H,1-2H3,(H,27,29)/t19-/m1/s1. The monoisotopic (exact) mass is 460 g/mol. The van der Waals surface area contributed by atoms with Crippen LogP contribution in [0, 0.1) is 6.92 Å². The van der Waals surface area contributed by atoms with Gasteiger partial charge in [-0.05, 0) is 61.2 Å². The Labute approximate surface area is 193 Å². The molecule has 0 aliphatic heterocycles. The van der Waals surface area contributed by atoms with Gasteiger partial charge >= 0.3 is 0 Å². The van der Waals surface area contributed by atoms with Crippen molar-refractivity contribution in [2.45, 2.75) is 24.8 Å². The van der Waals surface area contributed by atoms with E-state index in [1.54, 1.807) is 31.2 Å². The summed E-state index contributed by atoms with van der Waals surface area (Å²) in [5.74, 6) is 0.309. The zero-order valence-electron chi connectivity index (χ0n) is 18.3. The first kappa shape index (κ1) is 22.4. The fourth-order valence-electron chi connectivity index (χ4n) is 3.41. The molecule has 1 amide bonds. The van der Waals surface area contributed by atoms with Crippen LogP contribution in [-0.4, -0.2) is 20.4 Å². The van der Waals surface area contributed by atoms with Crippen molar-refractivity contribution >= 4 is 38.1 Å². The van der Waals surface area contributed by atoms with Crippen LogP contribution in [0.2, 0.25) is 0 Å². The summed E-state index contributed by atoms with van der Waals surface area (Å²) in [6.45, 7) is 3.57. The van der Waals surface area contributed by atoms with E-state index < -0.39 is 16.1 Å². The molecule has 168 valence electrons. The molecule has 2 N–H and O–H groups in total. The van der Waals surface area contributed by atoms with Gasteiger partial charge in [0.25, 0.3) is 15.9 Å². The number of aryl methyl sites for hydroxylation is 1. The first-order valence-corrected chi connectivity index (χ1v) is 12.0. The molecule has 0 heterocycles. The number of sulfonamides is 1. The average Bonchev–Trinajstić information content (AvgIpc) is 2.81. The van der Waals surface area contributed by atoms with Crippen LogP contribution in [0.25, 0.3) is 10.8 Å². The molecule has 0 aliphatic carbocycles. The molecule has 0 saturated heterocycles. The van der Waals surface area contributed by atoms with Crippen LogP contribution in [0.3, 0.4) is 0 Å². The number of benzene rings is 4. The number of anilines is 2. The van der Waals surface area contributed by atoms with Gasteiger partial charge in [-0.2, -0.15) is 0 Å². The molecule has 0 radical (unpaired) electrons. The van der Waals surface area contributed by atoms with Crippen LogP contribution >= 0.6 is 0 Å². The van der Waals surface area contributed by atoms with Crippen molar-refractivity contribution in [3.63, 3.8) is 0 Å². The van der Waals surface area contributed by atoms with Crippen molar-refractivity contribution in [2.24, 2.45) is 0 Å². The average molecular weight is 461 g/mol. The van der Waals surface area contributed by atoms with Gasteiger partial charge in [-0.25, -0.2) is 8.42 Å². The lowest BCUT2D eigenvalue weighted by Gasteiger charge is -2.16. The molecule has 4 aromatic rings. The smallest absolute Gasteiger partial charge is 0.265 e. The van der Waals surface area contributed by atoms with E-state index in [2.05, 4.69) is 10.0 Å². The second-order valence-electron chi connectivity index (χ2n) is 7.67. The minimum absolute atomic E-state index is 0.0950. The maximum atomic E-state index is 12.9. The SMILES string of the molecule is Cc1ccccc1O[C@H](C)C(=O)Nc1ccc(S(=O)(=O)Nc2cccc3ccccc23)cc1. The van der Waals surface area contributed by atoms with E-state index in [9.17, 15) is 13.2 Å². The number of hydrogen-bond acceptors (Lipinski definition) is 4. The summed E-state index contributed by atoms with van der Waals surface area (Å²) >= 11 is 0. The molecular weight excluding hydrogens is 436 g/mol. The zero-order chi connectivity index (χ0) is 23.4. The minimum atomic E-state index is -3.80. The third-order valence-corrected chi connectivity index (χ3v) is 6.61. The Morgan fingerprint density at radius 1 is 0.848 bits per heavy atom. The topological polar surface area (TPSA) is 84.5 Å². The predicted molar refractivity (Wildman–Crippen MR) is 131 cm³/mol. The van der Waals surface area contributed by atoms with E-state index >= 15 is 0 Å². The molecule has 1 atom stereocenters. The van der Waals surface area contributed by atoms with Crippen LogP contribution in [-0.2, 0) is 14.8 Å². The molecule has 6 nitrogen and oxygen atoms in total. The summed E-state index contributed by atoms with van der Waals surface area (Å²) in [7, 11) is -3.80. The number of fused-ring (bicyclic) bond motifs is 1. The third-order valence-electron chi connectivity index (χ3n) is 5.23. The molecule has 0 aliphatic rings. The normalized spacial score (nSPS) is 12.2. The summed E-state index contributed by atoms with van der Waals surface area (Å²) in [6, 6.07) is 26.5. The highest BCUT2D eigenvalue weighted by molar-refractivity contribution is 7.92. The lowest BCUT2D eigenvalue weighted by Crippen LogP contribution is -2.30. The lowest BCUT2D eigenvalue weighted by molar-refractivity contribution is -0.122. The van der Waals surface area contributed by atoms with Gasteiger partial charge in [0, 0.05) is 11.1 Å². The summed E-state index contributed by atoms with van der Waals surface area (Å²) in [5, 5.41) is 4.51. The summed E-state index contributed by atoms with van der Waals surface area (Å²) < 4.78 is 34.2. The van der Waals surface area contributed by atoms with Gasteiger partial charge < -0.3 is 10.1 Å². The quantitative estimate of drug-likeness (QED) is 0.389. The zero-order valence-corrected chi connectivity index (χ0v) is 19.1. The van der Waals surface area contributed by atoms with Crippen molar-refractivity contribution in [1.29, 1.82) is 0 Å². The highest BCUT2D eigenvalue weighted by atomic mass is 32.2. The van der Waals surface area contributed by atoms with Gasteiger partial charge in [0.15, 0.2) is 6.10 Å². The molecule has 33 heavy (non-hydrogen) atoms. The molecule has 4 rings (SSSR count). The molecule has 7 heteroatoms. The Bertz CT molecular complexity index is 1390. The largest absolute Gasteiger partial charge is 0.481 e. The Morgan fingerprint density at radius 2 is 1.52 bits per heavy atom. The Hall–Kier alpha value is -3.84. The van der Waals surface area contributed by atoms with Gasteiger partial charge in [0.05, 0.1) is 10.6 Å². The summed E-state index contributed by atoms with van der Waals surface area (Å²) in [5.41, 5.74) is 1.92. The Balaban J connectivity index is 1.45. The van der Waals surface area contributed by atoms with Gasteiger partial charge in [0.1, 0.15) is 5.75 Å². The number of ether oxygens (including phenoxy) is 1. The van der Waals surface area contributed by atoms with Gasteiger partial charge in [-0.15, -0.1) is 0 Å². The Morgan fingerprint density at radius 3 is 2.27 bits per heavy atom. The van der Waals surface area contributed by atoms with E-state index in [1.165, 1.54) is 12.1 Å². The number of para-hydroxylation sites is 1. The van der Waals surface area contributed by atoms with E-state index in [-0.39, 0.29) is 10.8 Å². The first-order chi connectivity index (χ1) is 15.8. The Kier molecular flexibility index (Phi) is 6.33. The molecular formula is C26H24N2O4S. The fraction of sp³-hybridized carbons (Fsp3) is 0.115. The highest BCUT2D eigenvalue weighted by Gasteiger charge is 2.18. The fourth-order valence-corrected chi connectivity index (χ4v) is 4.49.